The first kappa shape index (κ1) is 68.2. The van der Waals surface area contributed by atoms with Crippen LogP contribution in [0.15, 0.2) is 0 Å². The van der Waals surface area contributed by atoms with Gasteiger partial charge < -0.3 is 189 Å². The maximum atomic E-state index is 11.4. The van der Waals surface area contributed by atoms with E-state index in [1.807, 2.05) is 0 Å². The molecule has 0 radical (unpaired) electrons. The normalized spacial score (nSPS) is 52.7. The summed E-state index contributed by atoms with van der Waals surface area (Å²) in [6.07, 6.45) is -69.2. The lowest BCUT2D eigenvalue weighted by atomic mass is 9.95. The Morgan fingerprint density at radius 3 is 0.488 bits per heavy atom. The van der Waals surface area contributed by atoms with Crippen molar-refractivity contribution in [2.75, 3.05) is 46.2 Å². The quantitative estimate of drug-likeness (QED) is 0.105. The smallest absolute Gasteiger partial charge is 0.394 e. The topological polar surface area (TPSA) is 638 Å². The molecule has 21 aliphatic rings. The first-order valence-electron chi connectivity index (χ1n) is 25.5. The van der Waals surface area contributed by atoms with Gasteiger partial charge in [0.2, 0.25) is 0 Å². The predicted octanol–water partition coefficient (Wildman–Crippen LogP) is -16.2. The second kappa shape index (κ2) is 28.9. The zero-order valence-electron chi connectivity index (χ0n) is 42.6. The molecular weight excluding hydrogens is 1160 g/mol. The van der Waals surface area contributed by atoms with E-state index in [1.54, 1.807) is 0 Å². The van der Waals surface area contributed by atoms with Crippen molar-refractivity contribution >= 4 is 7.82 Å². The third kappa shape index (κ3) is 14.6. The molecule has 82 heavy (non-hydrogen) atoms. The molecule has 21 aliphatic heterocycles. The molecule has 480 valence electrons. The monoisotopic (exact) mass is 1230 g/mol. The second-order valence-corrected chi connectivity index (χ2v) is 21.2. The summed E-state index contributed by atoms with van der Waals surface area (Å²) in [7, 11) is -4.64. The van der Waals surface area contributed by atoms with E-state index in [9.17, 15) is 102 Å². The van der Waals surface area contributed by atoms with Gasteiger partial charge in [0.05, 0.1) is 39.6 Å². The summed E-state index contributed by atoms with van der Waals surface area (Å²) in [5.41, 5.74) is 5.94. The molecule has 21 saturated heterocycles. The highest BCUT2D eigenvalue weighted by Gasteiger charge is 2.59. The average Bonchev–Trinajstić information content (AvgIpc) is 3.65. The Kier molecular flexibility index (Phi) is 24.0. The van der Waals surface area contributed by atoms with Crippen LogP contribution in [0.2, 0.25) is 0 Å². The van der Waals surface area contributed by atoms with Crippen molar-refractivity contribution < 1.29 is 188 Å². The van der Waals surface area contributed by atoms with Crippen molar-refractivity contribution in [3.8, 4) is 0 Å². The number of rotatable bonds is 7. The minimum Gasteiger partial charge on any atom is -0.394 e. The van der Waals surface area contributed by atoms with Crippen LogP contribution in [-0.2, 0) is 70.9 Å². The Labute approximate surface area is 461 Å². The number of phosphoric acid groups is 1. The van der Waals surface area contributed by atoms with Crippen LogP contribution in [0.4, 0.5) is 0 Å². The first-order valence-corrected chi connectivity index (χ1v) is 27.1. The van der Waals surface area contributed by atoms with Crippen molar-refractivity contribution in [3.05, 3.63) is 0 Å². The molecule has 35 atom stereocenters. The minimum absolute atomic E-state index is 0.547. The van der Waals surface area contributed by atoms with Gasteiger partial charge in [0.1, 0.15) is 171 Å². The van der Waals surface area contributed by atoms with Gasteiger partial charge in [-0.3, -0.25) is 0 Å². The van der Waals surface area contributed by atoms with Crippen LogP contribution in [0.25, 0.3) is 0 Å². The molecule has 0 aromatic heterocycles. The maximum absolute atomic E-state index is 11.4. The molecule has 0 aromatic rings. The van der Waals surface area contributed by atoms with Gasteiger partial charge in [-0.25, -0.2) is 4.57 Å². The van der Waals surface area contributed by atoms with E-state index in [0.29, 0.717) is 0 Å². The number of ether oxygens (including phenoxy) is 14. The van der Waals surface area contributed by atoms with Crippen LogP contribution in [0.5, 0.6) is 0 Å². The molecule has 21 heterocycles. The maximum Gasteiger partial charge on any atom is 0.466 e. The van der Waals surface area contributed by atoms with Gasteiger partial charge in [0, 0.05) is 6.54 Å². The summed E-state index contributed by atoms with van der Waals surface area (Å²) in [4.78, 5) is 21.6. The summed E-state index contributed by atoms with van der Waals surface area (Å²) >= 11 is 0. The highest BCUT2D eigenvalue weighted by atomic mass is 31.2. The molecule has 0 unspecified atom stereocenters. The Bertz CT molecular complexity index is 1640. The fourth-order valence-corrected chi connectivity index (χ4v) is 10.5. The van der Waals surface area contributed by atoms with Gasteiger partial charge in [0.15, 0.2) is 44.0 Å². The Hall–Kier alpha value is -1.29. The van der Waals surface area contributed by atoms with Crippen LogP contribution < -0.4 is 5.73 Å². The van der Waals surface area contributed by atoms with Crippen molar-refractivity contribution in [2.24, 2.45) is 5.73 Å². The Morgan fingerprint density at radius 1 is 0.244 bits per heavy atom. The van der Waals surface area contributed by atoms with Crippen LogP contribution in [0.1, 0.15) is 0 Å². The molecule has 25 N–H and O–H groups in total. The summed E-state index contributed by atoms with van der Waals surface area (Å²) in [5, 5.41) is 220. The highest BCUT2D eigenvalue weighted by molar-refractivity contribution is 7.45. The van der Waals surface area contributed by atoms with E-state index in [1.165, 1.54) is 0 Å². The molecule has 0 spiro atoms. The van der Waals surface area contributed by atoms with Gasteiger partial charge in [0.25, 0.3) is 0 Å². The van der Waals surface area contributed by atoms with Crippen molar-refractivity contribution in [1.29, 1.82) is 0 Å². The molecule has 40 heteroatoms. The van der Waals surface area contributed by atoms with Gasteiger partial charge in [-0.15, -0.1) is 0 Å². The average molecular weight is 1230 g/mol. The van der Waals surface area contributed by atoms with E-state index in [-0.39, 0.29) is 0 Å². The lowest BCUT2D eigenvalue weighted by Crippen LogP contribution is -2.68. The molecule has 0 saturated carbocycles. The number of hydrogen-bond acceptors (Lipinski definition) is 36. The van der Waals surface area contributed by atoms with Crippen LogP contribution in [0.3, 0.4) is 0 Å². The fraction of sp³-hybridized carbons (Fsp3) is 1.00. The molecule has 21 rings (SSSR count). The van der Waals surface area contributed by atoms with Crippen molar-refractivity contribution in [3.63, 3.8) is 0 Å². The third-order valence-corrected chi connectivity index (χ3v) is 14.8. The lowest BCUT2D eigenvalue weighted by molar-refractivity contribution is -0.396. The summed E-state index contributed by atoms with van der Waals surface area (Å²) < 4.78 is 88.8. The second-order valence-electron chi connectivity index (χ2n) is 20.2. The van der Waals surface area contributed by atoms with Gasteiger partial charge in [-0.1, -0.05) is 0 Å². The standard InChI is InChI=1S/C42H71NO34.H3O4P/c43-1-8-29-15(50)22(57)36(64-8)72-30-9(2-44)66-38(24(59)17(30)52)74-32-11(4-46)68-40(26(61)19(32)54)76-34-13(6-48)70-42(28(63)21(34)56)77-35-14(7-49)69-41(27(62)20(35)55)75-33-12(5-47)67-39(25(60)18(33)53)73-31-10(3-45)65-37(71-29)23(58)16(31)51;1-5(2,3)4/h8-42,44-63H,1-7,43H2;(H3,1,2,3,4)/t8-,9-,10-,11-,12-,13-,14-,15-,16-,17-,18+,19-,20+,21-,22-,23-,24-,25+,26-,27+,28-,29-,30-,31-,32-,33-,34-,35-,36-,37-,38-,39-,40-,41-,42-;/m1./s1. The molecule has 14 bridgehead atoms. The number of aliphatic hydroxyl groups is 20. The van der Waals surface area contributed by atoms with Crippen LogP contribution in [-0.4, -0.2) is 378 Å². The van der Waals surface area contributed by atoms with E-state index in [0.717, 1.165) is 0 Å². The largest absolute Gasteiger partial charge is 0.466 e. The molecule has 21 fully saturated rings. The molecule has 0 aromatic carbocycles. The molecular formula is C42H74NO38P. The van der Waals surface area contributed by atoms with Gasteiger partial charge in [-0.2, -0.15) is 0 Å². The fourth-order valence-electron chi connectivity index (χ4n) is 10.5. The zero-order valence-corrected chi connectivity index (χ0v) is 43.5. The summed E-state index contributed by atoms with van der Waals surface area (Å²) in [6, 6.07) is 0. The predicted molar refractivity (Wildman–Crippen MR) is 245 cm³/mol. The van der Waals surface area contributed by atoms with Gasteiger partial charge >= 0.3 is 7.82 Å². The first-order chi connectivity index (χ1) is 38.7. The molecule has 0 amide bonds. The van der Waals surface area contributed by atoms with E-state index in [2.05, 4.69) is 0 Å². The number of hydrogen-bond donors (Lipinski definition) is 24. The summed E-state index contributed by atoms with van der Waals surface area (Å²) in [6.45, 7) is -6.75. The SMILES string of the molecule is NC[C@H]1O[C@@H]2O[C@H]3[C@H](O)[C@@H](O)[C@@H](O[C@H]4[C@H](O)[C@@H](O)[C@@H](O[C@H]5[C@H](O)[C@@H](O)[C@@H](O[C@H]6[C@@H](O)[C@H](O)[C@@H](O[C@H]7[C@@H](O)[C@H](O)[C@@H](O[C@H]8[C@H](O)[C@@H](O)[C@@H](O[C@H]1[C@H](O)[C@H]2O)O[C@@H]8CO)O[C@@H]7CO)O[C@@H]6CO)O[C@@H]5CO)O[C@@H]4CO)O[C@@H]3CO.O=P(O)(O)O. The molecule has 39 nitrogen and oxygen atoms in total. The number of nitrogens with two attached hydrogens (primary N) is 1. The molecule has 0 aliphatic carbocycles. The lowest BCUT2D eigenvalue weighted by Gasteiger charge is -2.50. The Balaban J connectivity index is 0.00000185. The number of aliphatic hydroxyl groups excluding tert-OH is 20. The zero-order chi connectivity index (χ0) is 60.6. The van der Waals surface area contributed by atoms with E-state index >= 15 is 0 Å². The summed E-state index contributed by atoms with van der Waals surface area (Å²) in [5.74, 6) is 0. The van der Waals surface area contributed by atoms with Crippen LogP contribution in [0, 0.1) is 0 Å². The van der Waals surface area contributed by atoms with Gasteiger partial charge in [-0.05, 0) is 0 Å². The highest BCUT2D eigenvalue weighted by Crippen LogP contribution is 2.39. The van der Waals surface area contributed by atoms with E-state index < -0.39 is 269 Å². The third-order valence-electron chi connectivity index (χ3n) is 14.8. The van der Waals surface area contributed by atoms with Crippen molar-refractivity contribution in [1.82, 2.24) is 0 Å². The van der Waals surface area contributed by atoms with Crippen LogP contribution >= 0.6 is 7.82 Å². The Morgan fingerprint density at radius 2 is 0.366 bits per heavy atom. The van der Waals surface area contributed by atoms with E-state index in [4.69, 9.17) is 91.3 Å². The minimum atomic E-state index is -4.64. The van der Waals surface area contributed by atoms with Crippen molar-refractivity contribution in [2.45, 2.75) is 215 Å².